The van der Waals surface area contributed by atoms with E-state index in [0.29, 0.717) is 68.8 Å². The van der Waals surface area contributed by atoms with Gasteiger partial charge in [0.25, 0.3) is 0 Å². The van der Waals surface area contributed by atoms with Crippen molar-refractivity contribution in [1.82, 2.24) is 0 Å². The van der Waals surface area contributed by atoms with Crippen molar-refractivity contribution in [3.05, 3.63) is 140 Å². The molecule has 8 nitrogen and oxygen atoms in total. The number of phenolic OH excluding ortho intramolecular Hbond substituents is 1. The molecule has 0 atom stereocenters. The van der Waals surface area contributed by atoms with Crippen LogP contribution in [0.2, 0.25) is 0 Å². The summed E-state index contributed by atoms with van der Waals surface area (Å²) in [5.41, 5.74) is 3.89. The van der Waals surface area contributed by atoms with Crippen LogP contribution in [0.5, 0.6) is 11.5 Å². The van der Waals surface area contributed by atoms with E-state index in [1.54, 1.807) is 107 Å². The number of carbonyl (C=O) groups excluding carboxylic acids is 2. The van der Waals surface area contributed by atoms with Crippen LogP contribution in [0, 0.1) is 0 Å². The summed E-state index contributed by atoms with van der Waals surface area (Å²) in [5.74, 6) is 0.874. The Morgan fingerprint density at radius 1 is 0.612 bits per heavy atom. The Balaban J connectivity index is 0.000000183. The summed E-state index contributed by atoms with van der Waals surface area (Å²) < 4.78 is 95.9. The Hall–Kier alpha value is -5.71. The number of rotatable bonds is 6. The number of anilines is 2. The highest BCUT2D eigenvalue weighted by Crippen LogP contribution is 2.45. The van der Waals surface area contributed by atoms with Crippen LogP contribution in [0.4, 0.5) is 47.3 Å². The van der Waals surface area contributed by atoms with Gasteiger partial charge in [-0.25, -0.2) is 9.59 Å². The van der Waals surface area contributed by atoms with Crippen molar-refractivity contribution in [2.45, 2.75) is 90.4 Å². The van der Waals surface area contributed by atoms with Gasteiger partial charge in [-0.15, -0.1) is 34.3 Å². The third-order valence-corrected chi connectivity index (χ3v) is 12.7. The molecule has 67 heavy (non-hydrogen) atoms. The number of alkyl halides is 7. The summed E-state index contributed by atoms with van der Waals surface area (Å²) in [6.45, 7) is 12.1. The number of amides is 2. The summed E-state index contributed by atoms with van der Waals surface area (Å²) in [7, 11) is 0. The molecule has 0 aliphatic carbocycles. The molecule has 2 amide bonds. The van der Waals surface area contributed by atoms with Crippen LogP contribution in [0.15, 0.2) is 109 Å². The zero-order valence-corrected chi connectivity index (χ0v) is 39.9. The molecule has 4 heterocycles. The Kier molecular flexibility index (Phi) is 15.6. The van der Waals surface area contributed by atoms with E-state index in [0.717, 1.165) is 28.9 Å². The largest absolute Gasteiger partial charge is 0.508 e. The fraction of sp³-hybridized carbons (Fsp3) is 0.320. The first kappa shape index (κ1) is 50.7. The summed E-state index contributed by atoms with van der Waals surface area (Å²) in [5, 5.41) is 9.37. The van der Waals surface area contributed by atoms with E-state index in [4.69, 9.17) is 25.8 Å². The molecule has 4 aromatic carbocycles. The Bertz CT molecular complexity index is 2660. The molecule has 1 N–H and O–H groups in total. The maximum Gasteiger partial charge on any atom is 0.426 e. The molecular weight excluding hydrogens is 938 g/mol. The molecule has 0 unspecified atom stereocenters. The molecule has 0 fully saturated rings. The van der Waals surface area contributed by atoms with E-state index < -0.39 is 39.4 Å². The molecule has 8 rings (SSSR count). The lowest BCUT2D eigenvalue weighted by molar-refractivity contribution is -0.134. The third kappa shape index (κ3) is 13.5. The van der Waals surface area contributed by atoms with Crippen molar-refractivity contribution in [1.29, 1.82) is 0 Å². The number of thiophene rings is 2. The maximum atomic E-state index is 13.6. The Morgan fingerprint density at radius 2 is 1.04 bits per heavy atom. The fourth-order valence-corrected chi connectivity index (χ4v) is 9.23. The lowest BCUT2D eigenvalue weighted by Gasteiger charge is -2.24. The zero-order chi connectivity index (χ0) is 48.9. The number of hydrogen-bond donors (Lipinski definition) is 1. The van der Waals surface area contributed by atoms with Gasteiger partial charge in [-0.2, -0.15) is 26.3 Å². The predicted octanol–water partition coefficient (Wildman–Crippen LogP) is 15.2. The van der Waals surface area contributed by atoms with Gasteiger partial charge in [-0.3, -0.25) is 9.80 Å². The van der Waals surface area contributed by atoms with Gasteiger partial charge in [-0.05, 0) is 125 Å². The number of nitrogens with zero attached hydrogens (tertiary/aromatic N) is 2. The fourth-order valence-electron chi connectivity index (χ4n) is 7.13. The van der Waals surface area contributed by atoms with Crippen LogP contribution in [0.1, 0.15) is 72.2 Å². The molecule has 2 aliphatic heterocycles. The zero-order valence-electron chi connectivity index (χ0n) is 37.5. The number of carbonyl (C=O) groups is 2. The number of hydrogen-bond acceptors (Lipinski definition) is 8. The minimum Gasteiger partial charge on any atom is -0.508 e. The monoisotopic (exact) mass is 986 g/mol. The molecule has 356 valence electrons. The van der Waals surface area contributed by atoms with Crippen molar-refractivity contribution >= 4 is 57.8 Å². The van der Waals surface area contributed by atoms with E-state index in [-0.39, 0.29) is 35.5 Å². The minimum atomic E-state index is -4.44. The van der Waals surface area contributed by atoms with Gasteiger partial charge in [0, 0.05) is 34.0 Å². The van der Waals surface area contributed by atoms with Crippen LogP contribution < -0.4 is 14.5 Å². The van der Waals surface area contributed by atoms with Gasteiger partial charge in [0.1, 0.15) is 39.1 Å². The van der Waals surface area contributed by atoms with Gasteiger partial charge in [-0.1, -0.05) is 60.7 Å². The highest BCUT2D eigenvalue weighted by atomic mass is 35.5. The molecule has 0 saturated heterocycles. The Morgan fingerprint density at radius 3 is 1.49 bits per heavy atom. The number of fused-ring (bicyclic) bond motifs is 2. The molecule has 0 spiro atoms. The number of benzene rings is 4. The molecule has 2 aromatic heterocycles. The van der Waals surface area contributed by atoms with Crippen molar-refractivity contribution in [3.8, 4) is 33.8 Å². The van der Waals surface area contributed by atoms with Crippen molar-refractivity contribution in [2.24, 2.45) is 0 Å². The quantitative estimate of drug-likeness (QED) is 0.132. The molecule has 0 bridgehead atoms. The first-order valence-corrected chi connectivity index (χ1v) is 23.2. The lowest BCUT2D eigenvalue weighted by Crippen LogP contribution is -2.35. The van der Waals surface area contributed by atoms with Crippen molar-refractivity contribution in [3.63, 3.8) is 0 Å². The minimum absolute atomic E-state index is 0.0230. The second-order valence-electron chi connectivity index (χ2n) is 17.4. The topological polar surface area (TPSA) is 88.5 Å². The van der Waals surface area contributed by atoms with Crippen molar-refractivity contribution < 1.29 is 55.2 Å². The van der Waals surface area contributed by atoms with Crippen LogP contribution >= 0.6 is 34.3 Å². The highest BCUT2D eigenvalue weighted by Gasteiger charge is 2.38. The second kappa shape index (κ2) is 20.7. The standard InChI is InChI=1S/C25H24F3NO3S.C13H17NO3.C12H8ClF3S/c1-24(2,3)32-23(30)29-12-11-17-13-18(9-10-21(17)29)31-15-19-14-20(16-7-5-4-6-8-16)22(33-19)25(26,27)28;1-13(2,3)17-12(16)14-7-6-9-8-10(15)4-5-11(9)14;13-7-9-6-10(8-4-2-1-3-5-8)11(17-9)12(14,15)16/h4-10,13-14H,11-12,15H2,1-3H3;4-5,8,15H,6-7H2,1-3H3;1-6H,7H2. The maximum absolute atomic E-state index is 13.6. The number of halogens is 7. The van der Waals surface area contributed by atoms with Crippen LogP contribution in [-0.2, 0) is 47.2 Å². The molecule has 0 radical (unpaired) electrons. The van der Waals surface area contributed by atoms with Gasteiger partial charge < -0.3 is 19.3 Å². The van der Waals surface area contributed by atoms with E-state index in [9.17, 15) is 41.0 Å². The molecule has 2 aliphatic rings. The Labute approximate surface area is 398 Å². The van der Waals surface area contributed by atoms with E-state index >= 15 is 0 Å². The summed E-state index contributed by atoms with van der Waals surface area (Å²) in [6.07, 6.45) is -8.10. The van der Waals surface area contributed by atoms with E-state index in [1.165, 1.54) is 6.07 Å². The second-order valence-corrected chi connectivity index (χ2v) is 20.0. The van der Waals surface area contributed by atoms with Gasteiger partial charge >= 0.3 is 24.5 Å². The SMILES string of the molecule is CC(C)(C)OC(=O)N1CCc2cc(O)ccc21.CC(C)(C)OC(=O)N1CCc2cc(OCc3cc(-c4ccccc4)c(C(F)(F)F)s3)ccc21.FC(F)(F)c1sc(CCl)cc1-c1ccccc1. The van der Waals surface area contributed by atoms with Gasteiger partial charge in [0.2, 0.25) is 0 Å². The summed E-state index contributed by atoms with van der Waals surface area (Å²) in [6, 6.07) is 30.5. The highest BCUT2D eigenvalue weighted by molar-refractivity contribution is 7.13. The van der Waals surface area contributed by atoms with Gasteiger partial charge in [0.05, 0.1) is 17.3 Å². The predicted molar refractivity (Wildman–Crippen MR) is 253 cm³/mol. The summed E-state index contributed by atoms with van der Waals surface area (Å²) >= 11 is 6.99. The molecule has 0 saturated carbocycles. The normalized spacial score (nSPS) is 13.4. The average Bonchev–Trinajstić information content (AvgIpc) is 4.07. The average molecular weight is 988 g/mol. The van der Waals surface area contributed by atoms with Crippen LogP contribution in [-0.4, -0.2) is 41.6 Å². The van der Waals surface area contributed by atoms with Crippen LogP contribution in [0.25, 0.3) is 22.3 Å². The van der Waals surface area contributed by atoms with Crippen molar-refractivity contribution in [2.75, 3.05) is 22.9 Å². The van der Waals surface area contributed by atoms with E-state index in [2.05, 4.69) is 0 Å². The lowest BCUT2D eigenvalue weighted by atomic mass is 10.1. The smallest absolute Gasteiger partial charge is 0.426 e. The van der Waals surface area contributed by atoms with Crippen LogP contribution in [0.3, 0.4) is 0 Å². The number of aromatic hydroxyl groups is 1. The number of ether oxygens (including phenoxy) is 3. The molecule has 17 heteroatoms. The third-order valence-electron chi connectivity index (χ3n) is 9.90. The number of phenols is 1. The van der Waals surface area contributed by atoms with Gasteiger partial charge in [0.15, 0.2) is 0 Å². The molecule has 6 aromatic rings. The first-order valence-electron chi connectivity index (χ1n) is 21.1. The first-order chi connectivity index (χ1) is 31.4. The molecular formula is C50H49ClF6N2O6S2. The summed E-state index contributed by atoms with van der Waals surface area (Å²) in [4.78, 5) is 27.4. The van der Waals surface area contributed by atoms with E-state index in [1.807, 2.05) is 47.6 Å².